The molecule has 2 aromatic rings. The molecule has 36 heavy (non-hydrogen) atoms. The number of rotatable bonds is 1. The number of amides is 3. The van der Waals surface area contributed by atoms with E-state index in [1.807, 2.05) is 29.2 Å². The third-order valence-electron chi connectivity index (χ3n) is 7.10. The van der Waals surface area contributed by atoms with Gasteiger partial charge >= 0.3 is 0 Å². The van der Waals surface area contributed by atoms with E-state index < -0.39 is 0 Å². The summed E-state index contributed by atoms with van der Waals surface area (Å²) in [5, 5.41) is 5.93. The van der Waals surface area contributed by atoms with Gasteiger partial charge in [-0.1, -0.05) is 18.6 Å². The maximum Gasteiger partial charge on any atom is 0.252 e. The third-order valence-corrected chi connectivity index (χ3v) is 7.10. The summed E-state index contributed by atoms with van der Waals surface area (Å²) in [6, 6.07) is 8.92. The number of carbonyl (C=O) groups is 3. The molecule has 1 aromatic carbocycles. The Hall–Kier alpha value is -3.46. The van der Waals surface area contributed by atoms with Crippen LogP contribution in [0.4, 0.5) is 0 Å². The summed E-state index contributed by atoms with van der Waals surface area (Å²) in [5.74, 6) is 1.01. The number of hydrogen-bond donors (Lipinski definition) is 2. The second-order valence-corrected chi connectivity index (χ2v) is 9.74. The Kier molecular flexibility index (Phi) is 7.46. The summed E-state index contributed by atoms with van der Waals surface area (Å²) in [7, 11) is 0. The van der Waals surface area contributed by atoms with Crippen molar-refractivity contribution in [2.45, 2.75) is 57.3 Å². The van der Waals surface area contributed by atoms with E-state index in [0.717, 1.165) is 24.8 Å². The molecule has 2 fully saturated rings. The molecule has 2 N–H and O–H groups in total. The van der Waals surface area contributed by atoms with Crippen LogP contribution >= 0.6 is 0 Å². The Labute approximate surface area is 210 Å². The van der Waals surface area contributed by atoms with Crippen molar-refractivity contribution in [1.82, 2.24) is 20.5 Å². The monoisotopic (exact) mass is 492 g/mol. The first-order chi connectivity index (χ1) is 17.5. The molecule has 1 aliphatic carbocycles. The molecule has 1 saturated carbocycles. The van der Waals surface area contributed by atoms with Crippen LogP contribution in [0.2, 0.25) is 0 Å². The van der Waals surface area contributed by atoms with E-state index in [2.05, 4.69) is 15.6 Å². The van der Waals surface area contributed by atoms with Crippen LogP contribution in [0.25, 0.3) is 0 Å². The van der Waals surface area contributed by atoms with Gasteiger partial charge in [-0.25, -0.2) is 0 Å². The number of pyridine rings is 1. The number of nitrogens with zero attached hydrogens (tertiary/aromatic N) is 2. The minimum atomic E-state index is -0.283. The van der Waals surface area contributed by atoms with Crippen molar-refractivity contribution in [2.24, 2.45) is 5.92 Å². The molecule has 2 aliphatic heterocycles. The van der Waals surface area contributed by atoms with Crippen molar-refractivity contribution >= 4 is 17.7 Å². The first-order valence-corrected chi connectivity index (χ1v) is 12.7. The Morgan fingerprint density at radius 3 is 2.78 bits per heavy atom. The average Bonchev–Trinajstić information content (AvgIpc) is 2.84. The van der Waals surface area contributed by atoms with Crippen molar-refractivity contribution in [3.63, 3.8) is 0 Å². The molecule has 190 valence electrons. The molecule has 2 atom stereocenters. The lowest BCUT2D eigenvalue weighted by Gasteiger charge is -2.41. The van der Waals surface area contributed by atoms with Gasteiger partial charge in [0.25, 0.3) is 5.91 Å². The van der Waals surface area contributed by atoms with Gasteiger partial charge in [-0.05, 0) is 49.4 Å². The summed E-state index contributed by atoms with van der Waals surface area (Å²) >= 11 is 0. The molecular formula is C27H32N4O5. The molecule has 1 saturated heterocycles. The fourth-order valence-corrected chi connectivity index (χ4v) is 4.85. The number of benzene rings is 1. The number of piperidine rings is 1. The van der Waals surface area contributed by atoms with Crippen molar-refractivity contribution < 1.29 is 23.9 Å². The zero-order chi connectivity index (χ0) is 24.9. The standard InChI is InChI=1S/C27H32N4O5/c32-25-8-3-10-29-26(33)20-13-22(15-28-14-20)36-21-7-1-4-18(12-21)17-35-24-9-11-31(16-23(24)30-25)27(34)19-5-2-6-19/h1,4,7,12-15,19,23-24H,2-3,5-6,8-11,16-17H2,(H,29,33)(H,30,32)/t23-,24-/m0/s1. The van der Waals surface area contributed by atoms with Crippen LogP contribution < -0.4 is 15.4 Å². The van der Waals surface area contributed by atoms with Crippen molar-refractivity contribution in [3.05, 3.63) is 53.9 Å². The van der Waals surface area contributed by atoms with Crippen molar-refractivity contribution in [3.8, 4) is 11.5 Å². The summed E-state index contributed by atoms with van der Waals surface area (Å²) in [4.78, 5) is 44.2. The van der Waals surface area contributed by atoms with E-state index in [1.165, 1.54) is 6.20 Å². The van der Waals surface area contributed by atoms with Gasteiger partial charge in [0.1, 0.15) is 11.5 Å². The molecule has 3 amide bonds. The Bertz CT molecular complexity index is 1120. The van der Waals surface area contributed by atoms with Gasteiger partial charge in [0.15, 0.2) is 0 Å². The number of likely N-dealkylation sites (tertiary alicyclic amines) is 1. The largest absolute Gasteiger partial charge is 0.456 e. The zero-order valence-corrected chi connectivity index (χ0v) is 20.3. The second-order valence-electron chi connectivity index (χ2n) is 9.74. The smallest absolute Gasteiger partial charge is 0.252 e. The average molecular weight is 493 g/mol. The Morgan fingerprint density at radius 1 is 1.06 bits per heavy atom. The fraction of sp³-hybridized carbons (Fsp3) is 0.481. The highest BCUT2D eigenvalue weighted by Gasteiger charge is 2.37. The normalized spacial score (nSPS) is 23.6. The van der Waals surface area contributed by atoms with Gasteiger partial charge in [0.05, 0.1) is 30.5 Å². The summed E-state index contributed by atoms with van der Waals surface area (Å²) < 4.78 is 12.2. The van der Waals surface area contributed by atoms with Crippen molar-refractivity contribution in [1.29, 1.82) is 0 Å². The van der Waals surface area contributed by atoms with E-state index in [-0.39, 0.29) is 42.2 Å². The first kappa shape index (κ1) is 24.2. The number of nitrogens with one attached hydrogen (secondary N) is 2. The molecule has 0 spiro atoms. The molecule has 0 unspecified atom stereocenters. The molecule has 0 radical (unpaired) electrons. The van der Waals surface area contributed by atoms with Gasteiger partial charge in [0, 0.05) is 38.2 Å². The van der Waals surface area contributed by atoms with E-state index in [4.69, 9.17) is 9.47 Å². The molecule has 9 nitrogen and oxygen atoms in total. The highest BCUT2D eigenvalue weighted by Crippen LogP contribution is 2.30. The summed E-state index contributed by atoms with van der Waals surface area (Å²) in [6.07, 6.45) is 7.28. The quantitative estimate of drug-likeness (QED) is 0.634. The van der Waals surface area contributed by atoms with Crippen LogP contribution in [0.3, 0.4) is 0 Å². The van der Waals surface area contributed by atoms with E-state index in [1.54, 1.807) is 12.3 Å². The number of hydrogen-bond acceptors (Lipinski definition) is 6. The third kappa shape index (κ3) is 5.84. The molecule has 3 heterocycles. The highest BCUT2D eigenvalue weighted by atomic mass is 16.5. The van der Waals surface area contributed by atoms with Crippen LogP contribution in [0.15, 0.2) is 42.7 Å². The predicted octanol–water partition coefficient (Wildman–Crippen LogP) is 2.80. The van der Waals surface area contributed by atoms with Crippen LogP contribution in [-0.2, 0) is 20.9 Å². The van der Waals surface area contributed by atoms with Gasteiger partial charge in [-0.3, -0.25) is 19.4 Å². The minimum absolute atomic E-state index is 0.110. The Balaban J connectivity index is 1.33. The lowest BCUT2D eigenvalue weighted by atomic mass is 9.83. The Morgan fingerprint density at radius 2 is 1.94 bits per heavy atom. The maximum atomic E-state index is 12.9. The molecule has 3 aliphatic rings. The summed E-state index contributed by atoms with van der Waals surface area (Å²) in [5.41, 5.74) is 1.31. The maximum absolute atomic E-state index is 12.9. The predicted molar refractivity (Wildman–Crippen MR) is 131 cm³/mol. The van der Waals surface area contributed by atoms with Gasteiger partial charge in [-0.2, -0.15) is 0 Å². The zero-order valence-electron chi connectivity index (χ0n) is 20.3. The van der Waals surface area contributed by atoms with E-state index in [9.17, 15) is 14.4 Å². The lowest BCUT2D eigenvalue weighted by molar-refractivity contribution is -0.143. The molecule has 9 heteroatoms. The number of aromatic nitrogens is 1. The number of ether oxygens (including phenoxy) is 2. The summed E-state index contributed by atoms with van der Waals surface area (Å²) in [6.45, 7) is 1.79. The SMILES string of the molecule is O=C1CCCNC(=O)c2cncc(c2)Oc2cccc(c2)CO[C@H]2CCN(C(=O)C3CCC3)C[C@@H]2N1. The molecule has 1 aromatic heterocycles. The molecule has 4 bridgehead atoms. The highest BCUT2D eigenvalue weighted by molar-refractivity contribution is 5.94. The number of carbonyl (C=O) groups excluding carboxylic acids is 3. The van der Waals surface area contributed by atoms with Crippen molar-refractivity contribution in [2.75, 3.05) is 19.6 Å². The van der Waals surface area contributed by atoms with E-state index >= 15 is 0 Å². The fourth-order valence-electron chi connectivity index (χ4n) is 4.85. The minimum Gasteiger partial charge on any atom is -0.456 e. The van der Waals surface area contributed by atoms with Crippen LogP contribution in [0, 0.1) is 5.92 Å². The van der Waals surface area contributed by atoms with Crippen LogP contribution in [0.1, 0.15) is 54.4 Å². The number of fused-ring (bicyclic) bond motifs is 5. The van der Waals surface area contributed by atoms with Crippen LogP contribution in [0.5, 0.6) is 11.5 Å². The lowest BCUT2D eigenvalue weighted by Crippen LogP contribution is -2.58. The molecular weight excluding hydrogens is 460 g/mol. The van der Waals surface area contributed by atoms with Gasteiger partial charge in [-0.15, -0.1) is 0 Å². The van der Waals surface area contributed by atoms with Gasteiger partial charge in [0.2, 0.25) is 11.8 Å². The van der Waals surface area contributed by atoms with E-state index in [0.29, 0.717) is 56.1 Å². The second kappa shape index (κ2) is 11.1. The van der Waals surface area contributed by atoms with Crippen LogP contribution in [-0.4, -0.2) is 59.4 Å². The first-order valence-electron chi connectivity index (χ1n) is 12.7. The topological polar surface area (TPSA) is 110 Å². The molecule has 5 rings (SSSR count). The van der Waals surface area contributed by atoms with Gasteiger partial charge < -0.3 is 25.0 Å².